The smallest absolute Gasteiger partial charge is 0.328 e. The average molecular weight is 547 g/mol. The largest absolute Gasteiger partial charge is 0.467 e. The molecule has 4 aromatic carbocycles. The molecular formula is C35H34N2O4. The summed E-state index contributed by atoms with van der Waals surface area (Å²) in [5, 5.41) is 3.66. The number of ether oxygens (including phenoxy) is 2. The zero-order valence-electron chi connectivity index (χ0n) is 23.7. The van der Waals surface area contributed by atoms with Gasteiger partial charge in [0.1, 0.15) is 23.2 Å². The molecule has 6 heteroatoms. The van der Waals surface area contributed by atoms with Gasteiger partial charge in [0.15, 0.2) is 0 Å². The van der Waals surface area contributed by atoms with Crippen LogP contribution in [0.4, 0.5) is 0 Å². The first kappa shape index (κ1) is 27.7. The summed E-state index contributed by atoms with van der Waals surface area (Å²) in [6.45, 7) is 6.52. The Morgan fingerprint density at radius 1 is 0.805 bits per heavy atom. The van der Waals surface area contributed by atoms with Crippen LogP contribution < -0.4 is 10.1 Å². The summed E-state index contributed by atoms with van der Waals surface area (Å²) in [7, 11) is 1.32. The maximum absolute atomic E-state index is 13.2. The van der Waals surface area contributed by atoms with Gasteiger partial charge in [-0.15, -0.1) is 0 Å². The fraction of sp³-hybridized carbons (Fsp3) is 0.200. The summed E-state index contributed by atoms with van der Waals surface area (Å²) >= 11 is 0. The molecule has 0 spiro atoms. The highest BCUT2D eigenvalue weighted by Gasteiger charge is 2.23. The minimum absolute atomic E-state index is 0.0689. The summed E-state index contributed by atoms with van der Waals surface area (Å²) in [5.41, 5.74) is 5.54. The van der Waals surface area contributed by atoms with Crippen molar-refractivity contribution in [3.63, 3.8) is 0 Å². The van der Waals surface area contributed by atoms with Gasteiger partial charge in [-0.25, -0.2) is 4.79 Å². The number of rotatable bonds is 8. The number of carbonyl (C=O) groups excluding carboxylic acids is 2. The molecule has 0 saturated heterocycles. The number of esters is 1. The first-order valence-electron chi connectivity index (χ1n) is 13.6. The lowest BCUT2D eigenvalue weighted by Crippen LogP contribution is -2.43. The molecule has 0 radical (unpaired) electrons. The third-order valence-corrected chi connectivity index (χ3v) is 7.08. The Morgan fingerprint density at radius 3 is 2.12 bits per heavy atom. The molecule has 5 rings (SSSR count). The third kappa shape index (κ3) is 6.67. The Labute approximate surface area is 240 Å². The van der Waals surface area contributed by atoms with Crippen LogP contribution in [0.25, 0.3) is 22.0 Å². The van der Waals surface area contributed by atoms with Crippen molar-refractivity contribution < 1.29 is 19.1 Å². The van der Waals surface area contributed by atoms with E-state index < -0.39 is 17.9 Å². The van der Waals surface area contributed by atoms with Crippen molar-refractivity contribution >= 4 is 22.8 Å². The second kappa shape index (κ2) is 11.7. The van der Waals surface area contributed by atoms with E-state index in [1.807, 2.05) is 84.9 Å². The van der Waals surface area contributed by atoms with Crippen molar-refractivity contribution in [2.45, 2.75) is 38.6 Å². The van der Waals surface area contributed by atoms with Gasteiger partial charge in [-0.1, -0.05) is 87.5 Å². The number of aromatic amines is 1. The van der Waals surface area contributed by atoms with E-state index in [0.29, 0.717) is 17.9 Å². The monoisotopic (exact) mass is 546 g/mol. The fourth-order valence-electron chi connectivity index (χ4n) is 4.73. The second-order valence-corrected chi connectivity index (χ2v) is 11.1. The Bertz CT molecular complexity index is 1650. The summed E-state index contributed by atoms with van der Waals surface area (Å²) in [4.78, 5) is 28.9. The number of aromatic nitrogens is 1. The van der Waals surface area contributed by atoms with Crippen molar-refractivity contribution in [1.29, 1.82) is 0 Å². The van der Waals surface area contributed by atoms with E-state index in [0.717, 1.165) is 33.3 Å². The van der Waals surface area contributed by atoms with Crippen molar-refractivity contribution in [2.75, 3.05) is 7.11 Å². The van der Waals surface area contributed by atoms with Crippen LogP contribution in [0.3, 0.4) is 0 Å². The first-order chi connectivity index (χ1) is 19.7. The number of hydrogen-bond acceptors (Lipinski definition) is 4. The Hall–Kier alpha value is -4.84. The van der Waals surface area contributed by atoms with Gasteiger partial charge in [0.25, 0.3) is 5.91 Å². The van der Waals surface area contributed by atoms with Gasteiger partial charge in [0.05, 0.1) is 7.11 Å². The molecule has 0 fully saturated rings. The highest BCUT2D eigenvalue weighted by molar-refractivity contribution is 6.00. The third-order valence-electron chi connectivity index (χ3n) is 7.08. The van der Waals surface area contributed by atoms with Crippen LogP contribution in [-0.4, -0.2) is 30.0 Å². The highest BCUT2D eigenvalue weighted by Crippen LogP contribution is 2.29. The summed E-state index contributed by atoms with van der Waals surface area (Å²) in [6, 6.07) is 32.6. The second-order valence-electron chi connectivity index (χ2n) is 11.1. The average Bonchev–Trinajstić information content (AvgIpc) is 3.41. The van der Waals surface area contributed by atoms with Crippen LogP contribution in [0, 0.1) is 0 Å². The topological polar surface area (TPSA) is 80.4 Å². The van der Waals surface area contributed by atoms with Crippen LogP contribution in [0.15, 0.2) is 103 Å². The van der Waals surface area contributed by atoms with Gasteiger partial charge < -0.3 is 19.8 Å². The van der Waals surface area contributed by atoms with E-state index >= 15 is 0 Å². The first-order valence-corrected chi connectivity index (χ1v) is 13.6. The van der Waals surface area contributed by atoms with E-state index in [1.165, 1.54) is 12.7 Å². The Kier molecular flexibility index (Phi) is 7.92. The number of hydrogen-bond donors (Lipinski definition) is 2. The van der Waals surface area contributed by atoms with Gasteiger partial charge in [-0.05, 0) is 64.1 Å². The van der Waals surface area contributed by atoms with Crippen molar-refractivity contribution in [3.05, 3.63) is 120 Å². The number of nitrogens with one attached hydrogen (secondary N) is 2. The number of methoxy groups -OCH3 is 1. The van der Waals surface area contributed by atoms with Gasteiger partial charge in [0.2, 0.25) is 0 Å². The van der Waals surface area contributed by atoms with E-state index in [-0.39, 0.29) is 5.41 Å². The number of amides is 1. The Balaban J connectivity index is 1.28. The molecule has 5 aromatic rings. The molecule has 0 aliphatic carbocycles. The van der Waals surface area contributed by atoms with E-state index in [9.17, 15) is 9.59 Å². The van der Waals surface area contributed by atoms with Gasteiger partial charge in [0, 0.05) is 17.3 Å². The molecule has 0 aliphatic heterocycles. The van der Waals surface area contributed by atoms with Crippen molar-refractivity contribution in [3.8, 4) is 22.6 Å². The molecule has 6 nitrogen and oxygen atoms in total. The predicted octanol–water partition coefficient (Wildman–Crippen LogP) is 7.44. The molecule has 1 aromatic heterocycles. The molecule has 1 heterocycles. The standard InChI is InChI=1S/C35H34N2O4/c1-35(2,3)27-14-16-28(17-15-27)41-29-18-19-30-26(21-29)22-31(36-30)33(38)37-32(34(39)40-4)20-23-10-12-25(13-11-23)24-8-6-5-7-9-24/h5-19,21-22,32,36H,20H2,1-4H3,(H,37,38)/t32-/m0/s1. The Morgan fingerprint density at radius 2 is 1.46 bits per heavy atom. The van der Waals surface area contributed by atoms with E-state index in [2.05, 4.69) is 43.2 Å². The lowest BCUT2D eigenvalue weighted by molar-refractivity contribution is -0.142. The normalized spacial score (nSPS) is 12.1. The molecule has 41 heavy (non-hydrogen) atoms. The fourth-order valence-corrected chi connectivity index (χ4v) is 4.73. The highest BCUT2D eigenvalue weighted by atomic mass is 16.5. The van der Waals surface area contributed by atoms with Crippen LogP contribution in [0.1, 0.15) is 42.4 Å². The van der Waals surface area contributed by atoms with Crippen molar-refractivity contribution in [2.24, 2.45) is 0 Å². The van der Waals surface area contributed by atoms with Gasteiger partial charge in [-0.3, -0.25) is 4.79 Å². The number of carbonyl (C=O) groups is 2. The molecule has 1 atom stereocenters. The minimum atomic E-state index is -0.837. The molecular weight excluding hydrogens is 512 g/mol. The molecule has 0 bridgehead atoms. The summed E-state index contributed by atoms with van der Waals surface area (Å²) in [6.07, 6.45) is 0.305. The summed E-state index contributed by atoms with van der Waals surface area (Å²) in [5.74, 6) is 0.509. The number of H-pyrrole nitrogens is 1. The molecule has 2 N–H and O–H groups in total. The van der Waals surface area contributed by atoms with Crippen molar-refractivity contribution in [1.82, 2.24) is 10.3 Å². The lowest BCUT2D eigenvalue weighted by Gasteiger charge is -2.19. The number of fused-ring (bicyclic) bond motifs is 1. The molecule has 1 amide bonds. The molecule has 0 unspecified atom stereocenters. The van der Waals surface area contributed by atoms with Crippen LogP contribution >= 0.6 is 0 Å². The number of benzene rings is 4. The van der Waals surface area contributed by atoms with E-state index in [1.54, 1.807) is 6.07 Å². The molecule has 0 saturated carbocycles. The minimum Gasteiger partial charge on any atom is -0.467 e. The molecule has 208 valence electrons. The lowest BCUT2D eigenvalue weighted by atomic mass is 9.87. The zero-order chi connectivity index (χ0) is 29.0. The summed E-state index contributed by atoms with van der Waals surface area (Å²) < 4.78 is 11.1. The molecule has 0 aliphatic rings. The van der Waals surface area contributed by atoms with Gasteiger partial charge >= 0.3 is 5.97 Å². The zero-order valence-corrected chi connectivity index (χ0v) is 23.7. The maximum Gasteiger partial charge on any atom is 0.328 e. The van der Waals surface area contributed by atoms with Gasteiger partial charge in [-0.2, -0.15) is 0 Å². The quantitative estimate of drug-likeness (QED) is 0.198. The maximum atomic E-state index is 13.2. The van der Waals surface area contributed by atoms with E-state index in [4.69, 9.17) is 9.47 Å². The van der Waals surface area contributed by atoms with Crippen LogP contribution in [0.5, 0.6) is 11.5 Å². The SMILES string of the molecule is COC(=O)[C@H](Cc1ccc(-c2ccccc2)cc1)NC(=O)c1cc2cc(Oc3ccc(C(C)(C)C)cc3)ccc2[nH]1. The van der Waals surface area contributed by atoms with Crippen LogP contribution in [-0.2, 0) is 21.4 Å². The van der Waals surface area contributed by atoms with Crippen LogP contribution in [0.2, 0.25) is 0 Å². The predicted molar refractivity (Wildman–Crippen MR) is 162 cm³/mol.